The van der Waals surface area contributed by atoms with E-state index in [-0.39, 0.29) is 24.3 Å². The van der Waals surface area contributed by atoms with Gasteiger partial charge in [-0.15, -0.1) is 10.2 Å². The number of hydrogen-bond donors (Lipinski definition) is 0. The number of aromatic nitrogens is 4. The number of rotatable bonds is 3. The fourth-order valence-corrected chi connectivity index (χ4v) is 6.56. The van der Waals surface area contributed by atoms with E-state index in [1.165, 1.54) is 0 Å². The van der Waals surface area contributed by atoms with Crippen LogP contribution in [0.3, 0.4) is 0 Å². The van der Waals surface area contributed by atoms with Crippen molar-refractivity contribution in [2.45, 2.75) is 45.1 Å². The number of aryl methyl sites for hydroxylation is 1. The molecule has 0 bridgehead atoms. The molecule has 3 aliphatic heterocycles. The summed E-state index contributed by atoms with van der Waals surface area (Å²) in [5, 5.41) is 9.69. The molecular weight excluding hydrogens is 503 g/mol. The zero-order chi connectivity index (χ0) is 25.5. The lowest BCUT2D eigenvalue weighted by atomic mass is 9.73. The molecule has 0 amide bonds. The molecule has 3 fully saturated rings. The van der Waals surface area contributed by atoms with Crippen molar-refractivity contribution < 1.29 is 13.2 Å². The summed E-state index contributed by atoms with van der Waals surface area (Å²) >= 11 is 6.34. The van der Waals surface area contributed by atoms with Gasteiger partial charge in [-0.1, -0.05) is 17.7 Å². The molecule has 7 rings (SSSR count). The van der Waals surface area contributed by atoms with Gasteiger partial charge in [-0.05, 0) is 55.7 Å². The van der Waals surface area contributed by atoms with E-state index in [0.717, 1.165) is 60.7 Å². The maximum Gasteiger partial charge on any atom is 0.391 e. The SMILES string of the molecule is Cc1cccc(N2CC3(C2)CN(c2nnc4n2-c2ccc(Cl)cc2CN(C2CC(C(F)(F)F)C2)C4)C3)n1. The number of hydrogen-bond acceptors (Lipinski definition) is 6. The number of halogens is 4. The van der Waals surface area contributed by atoms with Crippen LogP contribution in [0.5, 0.6) is 0 Å². The Morgan fingerprint density at radius 1 is 0.973 bits per heavy atom. The van der Waals surface area contributed by atoms with E-state index in [1.54, 1.807) is 0 Å². The minimum atomic E-state index is -4.13. The molecule has 0 atom stereocenters. The Morgan fingerprint density at radius 3 is 2.46 bits per heavy atom. The first-order chi connectivity index (χ1) is 17.7. The standard InChI is InChI=1S/C26H27ClF3N7/c1-16-3-2-4-22(31-16)35-12-25(13-35)14-36(15-25)24-33-32-23-11-34(20-8-18(9-20)26(28,29)30)10-17-7-19(27)5-6-21(17)37(23)24/h2-7,18,20H,8-15H2,1H3. The lowest BCUT2D eigenvalue weighted by molar-refractivity contribution is -0.207. The van der Waals surface area contributed by atoms with Gasteiger partial charge in [0.2, 0.25) is 5.95 Å². The van der Waals surface area contributed by atoms with Crippen LogP contribution in [-0.2, 0) is 13.1 Å². The van der Waals surface area contributed by atoms with Crippen molar-refractivity contribution in [3.8, 4) is 5.69 Å². The fourth-order valence-electron chi connectivity index (χ4n) is 6.36. The number of anilines is 2. The van der Waals surface area contributed by atoms with Gasteiger partial charge < -0.3 is 9.80 Å². The van der Waals surface area contributed by atoms with Crippen LogP contribution in [0, 0.1) is 18.3 Å². The Hall–Kier alpha value is -2.85. The Labute approximate surface area is 217 Å². The molecule has 2 saturated heterocycles. The van der Waals surface area contributed by atoms with Crippen molar-refractivity contribution in [3.63, 3.8) is 0 Å². The molecule has 5 heterocycles. The topological polar surface area (TPSA) is 53.3 Å². The number of nitrogens with zero attached hydrogens (tertiary/aromatic N) is 7. The van der Waals surface area contributed by atoms with E-state index >= 15 is 0 Å². The van der Waals surface area contributed by atoms with Crippen molar-refractivity contribution >= 4 is 23.4 Å². The Balaban J connectivity index is 1.11. The van der Waals surface area contributed by atoms with Crippen LogP contribution in [0.15, 0.2) is 36.4 Å². The van der Waals surface area contributed by atoms with E-state index in [0.29, 0.717) is 18.1 Å². The quantitative estimate of drug-likeness (QED) is 0.494. The highest BCUT2D eigenvalue weighted by atomic mass is 35.5. The van der Waals surface area contributed by atoms with Gasteiger partial charge >= 0.3 is 6.18 Å². The van der Waals surface area contributed by atoms with Crippen LogP contribution >= 0.6 is 11.6 Å². The molecule has 1 aliphatic carbocycles. The monoisotopic (exact) mass is 529 g/mol. The highest BCUT2D eigenvalue weighted by molar-refractivity contribution is 6.30. The molecule has 194 valence electrons. The lowest BCUT2D eigenvalue weighted by Crippen LogP contribution is -2.73. The summed E-state index contributed by atoms with van der Waals surface area (Å²) in [4.78, 5) is 11.3. The van der Waals surface area contributed by atoms with Crippen molar-refractivity contribution in [1.82, 2.24) is 24.6 Å². The number of benzene rings is 1. The van der Waals surface area contributed by atoms with Gasteiger partial charge in [0.1, 0.15) is 5.82 Å². The van der Waals surface area contributed by atoms with Gasteiger partial charge in [-0.2, -0.15) is 13.2 Å². The van der Waals surface area contributed by atoms with E-state index < -0.39 is 12.1 Å². The molecule has 2 aromatic heterocycles. The molecular formula is C26H27ClF3N7. The largest absolute Gasteiger partial charge is 0.391 e. The van der Waals surface area contributed by atoms with Crippen LogP contribution in [-0.4, -0.2) is 63.0 Å². The van der Waals surface area contributed by atoms with E-state index in [4.69, 9.17) is 11.6 Å². The summed E-state index contributed by atoms with van der Waals surface area (Å²) in [5.41, 5.74) is 3.17. The van der Waals surface area contributed by atoms with Crippen molar-refractivity contribution in [3.05, 3.63) is 58.5 Å². The summed E-state index contributed by atoms with van der Waals surface area (Å²) in [6.45, 7) is 6.70. The molecule has 0 N–H and O–H groups in total. The normalized spacial score (nSPS) is 24.6. The second kappa shape index (κ2) is 8.07. The molecule has 3 aromatic rings. The number of alkyl halides is 3. The first-order valence-electron chi connectivity index (χ1n) is 12.6. The number of fused-ring (bicyclic) bond motifs is 3. The third-order valence-corrected chi connectivity index (χ3v) is 8.63. The smallest absolute Gasteiger partial charge is 0.355 e. The third kappa shape index (κ3) is 3.87. The molecule has 0 unspecified atom stereocenters. The second-order valence-corrected chi connectivity index (χ2v) is 11.6. The van der Waals surface area contributed by atoms with Gasteiger partial charge in [-0.25, -0.2) is 4.98 Å². The first kappa shape index (κ1) is 23.3. The molecule has 11 heteroatoms. The van der Waals surface area contributed by atoms with Gasteiger partial charge in [0, 0.05) is 54.9 Å². The van der Waals surface area contributed by atoms with Crippen molar-refractivity contribution in [2.75, 3.05) is 36.0 Å². The van der Waals surface area contributed by atoms with Gasteiger partial charge in [0.05, 0.1) is 18.2 Å². The molecule has 1 aromatic carbocycles. The van der Waals surface area contributed by atoms with Gasteiger partial charge in [0.25, 0.3) is 0 Å². The predicted octanol–water partition coefficient (Wildman–Crippen LogP) is 4.61. The van der Waals surface area contributed by atoms with Crippen LogP contribution in [0.1, 0.15) is 29.9 Å². The zero-order valence-corrected chi connectivity index (χ0v) is 21.2. The average Bonchev–Trinajstić information content (AvgIpc) is 3.06. The van der Waals surface area contributed by atoms with Crippen LogP contribution in [0.4, 0.5) is 24.9 Å². The van der Waals surface area contributed by atoms with Crippen molar-refractivity contribution in [2.24, 2.45) is 11.3 Å². The summed E-state index contributed by atoms with van der Waals surface area (Å²) in [7, 11) is 0. The molecule has 4 aliphatic rings. The summed E-state index contributed by atoms with van der Waals surface area (Å²) in [6.07, 6.45) is -3.88. The van der Waals surface area contributed by atoms with E-state index in [9.17, 15) is 13.2 Å². The molecule has 7 nitrogen and oxygen atoms in total. The lowest BCUT2D eigenvalue weighted by Gasteiger charge is -2.60. The number of pyridine rings is 1. The minimum absolute atomic E-state index is 0.126. The maximum atomic E-state index is 13.2. The van der Waals surface area contributed by atoms with Crippen molar-refractivity contribution in [1.29, 1.82) is 0 Å². The predicted molar refractivity (Wildman–Crippen MR) is 134 cm³/mol. The van der Waals surface area contributed by atoms with Gasteiger partial charge in [0.15, 0.2) is 5.82 Å². The first-order valence-corrected chi connectivity index (χ1v) is 13.0. The van der Waals surface area contributed by atoms with Crippen LogP contribution < -0.4 is 9.80 Å². The average molecular weight is 530 g/mol. The molecule has 37 heavy (non-hydrogen) atoms. The van der Waals surface area contributed by atoms with E-state index in [2.05, 4.69) is 40.5 Å². The third-order valence-electron chi connectivity index (χ3n) is 8.39. The molecule has 1 spiro atoms. The Morgan fingerprint density at radius 2 is 1.73 bits per heavy atom. The Bertz CT molecular complexity index is 1350. The van der Waals surface area contributed by atoms with E-state index in [1.807, 2.05) is 37.3 Å². The summed E-state index contributed by atoms with van der Waals surface area (Å²) in [6, 6.07) is 11.7. The summed E-state index contributed by atoms with van der Waals surface area (Å²) in [5.74, 6) is 1.35. The van der Waals surface area contributed by atoms with Gasteiger partial charge in [-0.3, -0.25) is 9.47 Å². The van der Waals surface area contributed by atoms with Crippen LogP contribution in [0.2, 0.25) is 5.02 Å². The highest BCUT2D eigenvalue weighted by Gasteiger charge is 2.54. The zero-order valence-electron chi connectivity index (χ0n) is 20.4. The fraction of sp³-hybridized carbons (Fsp3) is 0.500. The Kier molecular flexibility index (Phi) is 5.08. The summed E-state index contributed by atoms with van der Waals surface area (Å²) < 4.78 is 41.5. The minimum Gasteiger partial charge on any atom is -0.355 e. The second-order valence-electron chi connectivity index (χ2n) is 11.1. The highest BCUT2D eigenvalue weighted by Crippen LogP contribution is 2.46. The van der Waals surface area contributed by atoms with Crippen LogP contribution in [0.25, 0.3) is 5.69 Å². The molecule has 1 saturated carbocycles. The molecule has 0 radical (unpaired) electrons. The maximum absolute atomic E-state index is 13.2.